The van der Waals surface area contributed by atoms with Crippen molar-refractivity contribution in [2.24, 2.45) is 0 Å². The van der Waals surface area contributed by atoms with E-state index in [1.807, 2.05) is 49.4 Å². The Morgan fingerprint density at radius 3 is 2.52 bits per heavy atom. The Morgan fingerprint density at radius 2 is 1.84 bits per heavy atom. The Kier molecular flexibility index (Phi) is 5.14. The van der Waals surface area contributed by atoms with Crippen LogP contribution < -0.4 is 10.1 Å². The van der Waals surface area contributed by atoms with Crippen molar-refractivity contribution in [1.82, 2.24) is 15.1 Å². The summed E-state index contributed by atoms with van der Waals surface area (Å²) in [6.45, 7) is 2.51. The van der Waals surface area contributed by atoms with Crippen LogP contribution in [0, 0.1) is 6.92 Å². The van der Waals surface area contributed by atoms with Crippen LogP contribution in [-0.2, 0) is 6.42 Å². The molecule has 0 aliphatic carbocycles. The highest BCUT2D eigenvalue weighted by atomic mass is 16.5. The molecule has 0 saturated carbocycles. The zero-order valence-corrected chi connectivity index (χ0v) is 14.4. The quantitative estimate of drug-likeness (QED) is 0.753. The normalized spacial score (nSPS) is 10.5. The standard InChI is InChI=1S/C20H21N3O2/c1-15-14-19(20(24)21-13-12-16-6-4-3-5-7-16)22-23(15)17-8-10-18(25-2)11-9-17/h3-11,14H,12-13H2,1-2H3,(H,21,24). The molecular weight excluding hydrogens is 314 g/mol. The van der Waals surface area contributed by atoms with Crippen LogP contribution in [0.1, 0.15) is 21.7 Å². The highest BCUT2D eigenvalue weighted by Gasteiger charge is 2.13. The lowest BCUT2D eigenvalue weighted by molar-refractivity contribution is 0.0948. The largest absolute Gasteiger partial charge is 0.497 e. The zero-order valence-electron chi connectivity index (χ0n) is 14.4. The molecule has 0 saturated heterocycles. The van der Waals surface area contributed by atoms with Crippen LogP contribution >= 0.6 is 0 Å². The molecule has 0 spiro atoms. The lowest BCUT2D eigenvalue weighted by Crippen LogP contribution is -2.26. The van der Waals surface area contributed by atoms with E-state index < -0.39 is 0 Å². The summed E-state index contributed by atoms with van der Waals surface area (Å²) >= 11 is 0. The van der Waals surface area contributed by atoms with Crippen molar-refractivity contribution in [3.8, 4) is 11.4 Å². The highest BCUT2D eigenvalue weighted by molar-refractivity contribution is 5.92. The van der Waals surface area contributed by atoms with Gasteiger partial charge in [0.05, 0.1) is 12.8 Å². The SMILES string of the molecule is COc1ccc(-n2nc(C(=O)NCCc3ccccc3)cc2C)cc1. The van der Waals surface area contributed by atoms with Crippen molar-refractivity contribution in [3.05, 3.63) is 77.6 Å². The van der Waals surface area contributed by atoms with Crippen molar-refractivity contribution in [1.29, 1.82) is 0 Å². The van der Waals surface area contributed by atoms with Gasteiger partial charge in [0.15, 0.2) is 5.69 Å². The van der Waals surface area contributed by atoms with Crippen molar-refractivity contribution in [2.75, 3.05) is 13.7 Å². The third-order valence-corrected chi connectivity index (χ3v) is 3.98. The molecule has 0 atom stereocenters. The van der Waals surface area contributed by atoms with Gasteiger partial charge in [-0.05, 0) is 49.2 Å². The monoisotopic (exact) mass is 335 g/mol. The first-order valence-corrected chi connectivity index (χ1v) is 8.20. The number of hydrogen-bond acceptors (Lipinski definition) is 3. The molecule has 1 heterocycles. The van der Waals surface area contributed by atoms with Crippen molar-refractivity contribution < 1.29 is 9.53 Å². The van der Waals surface area contributed by atoms with Gasteiger partial charge in [0.25, 0.3) is 5.91 Å². The molecule has 0 fully saturated rings. The number of carbonyl (C=O) groups is 1. The fourth-order valence-electron chi connectivity index (χ4n) is 2.63. The van der Waals surface area contributed by atoms with Crippen LogP contribution in [0.25, 0.3) is 5.69 Å². The topological polar surface area (TPSA) is 56.2 Å². The Bertz CT molecular complexity index is 839. The van der Waals surface area contributed by atoms with Crippen LogP contribution in [0.15, 0.2) is 60.7 Å². The Hall–Kier alpha value is -3.08. The van der Waals surface area contributed by atoms with Gasteiger partial charge < -0.3 is 10.1 Å². The second kappa shape index (κ2) is 7.66. The lowest BCUT2D eigenvalue weighted by Gasteiger charge is -2.06. The minimum Gasteiger partial charge on any atom is -0.497 e. The van der Waals surface area contributed by atoms with Gasteiger partial charge in [-0.25, -0.2) is 4.68 Å². The summed E-state index contributed by atoms with van der Waals surface area (Å²) in [5.41, 5.74) is 3.41. The summed E-state index contributed by atoms with van der Waals surface area (Å²) in [4.78, 5) is 12.3. The fourth-order valence-corrected chi connectivity index (χ4v) is 2.63. The number of aromatic nitrogens is 2. The van der Waals surface area contributed by atoms with Gasteiger partial charge >= 0.3 is 0 Å². The predicted octanol–water partition coefficient (Wildman–Crippen LogP) is 3.16. The van der Waals surface area contributed by atoms with Crippen LogP contribution in [0.4, 0.5) is 0 Å². The van der Waals surface area contributed by atoms with E-state index >= 15 is 0 Å². The number of ether oxygens (including phenoxy) is 1. The minimum atomic E-state index is -0.161. The average Bonchev–Trinajstić information content (AvgIpc) is 3.04. The molecule has 0 aliphatic heterocycles. The third kappa shape index (κ3) is 4.07. The fraction of sp³-hybridized carbons (Fsp3) is 0.200. The second-order valence-electron chi connectivity index (χ2n) is 5.77. The maximum absolute atomic E-state index is 12.3. The van der Waals surface area contributed by atoms with Crippen LogP contribution in [-0.4, -0.2) is 29.3 Å². The Labute approximate surface area is 147 Å². The van der Waals surface area contributed by atoms with E-state index in [9.17, 15) is 4.79 Å². The average molecular weight is 335 g/mol. The third-order valence-electron chi connectivity index (χ3n) is 3.98. The lowest BCUT2D eigenvalue weighted by atomic mass is 10.1. The van der Waals surface area contributed by atoms with Crippen molar-refractivity contribution in [3.63, 3.8) is 0 Å². The maximum atomic E-state index is 12.3. The molecule has 1 N–H and O–H groups in total. The van der Waals surface area contributed by atoms with Gasteiger partial charge in [-0.1, -0.05) is 30.3 Å². The van der Waals surface area contributed by atoms with E-state index in [4.69, 9.17) is 4.74 Å². The van der Waals surface area contributed by atoms with Gasteiger partial charge in [-0.3, -0.25) is 4.79 Å². The van der Waals surface area contributed by atoms with E-state index in [0.717, 1.165) is 23.6 Å². The van der Waals surface area contributed by atoms with E-state index in [2.05, 4.69) is 22.5 Å². The first-order valence-electron chi connectivity index (χ1n) is 8.20. The molecule has 2 aromatic carbocycles. The Balaban J connectivity index is 1.65. The number of hydrogen-bond donors (Lipinski definition) is 1. The van der Waals surface area contributed by atoms with Crippen LogP contribution in [0.2, 0.25) is 0 Å². The molecule has 1 amide bonds. The first-order chi connectivity index (χ1) is 12.2. The number of methoxy groups -OCH3 is 1. The zero-order chi connectivity index (χ0) is 17.6. The van der Waals surface area contributed by atoms with E-state index in [-0.39, 0.29) is 5.91 Å². The number of benzene rings is 2. The molecule has 3 rings (SSSR count). The maximum Gasteiger partial charge on any atom is 0.271 e. The van der Waals surface area contributed by atoms with Crippen molar-refractivity contribution in [2.45, 2.75) is 13.3 Å². The van der Waals surface area contributed by atoms with E-state index in [0.29, 0.717) is 12.2 Å². The molecule has 0 radical (unpaired) electrons. The van der Waals surface area contributed by atoms with Gasteiger partial charge in [0.1, 0.15) is 5.75 Å². The number of amides is 1. The molecule has 3 aromatic rings. The summed E-state index contributed by atoms with van der Waals surface area (Å²) in [5.74, 6) is 0.624. The van der Waals surface area contributed by atoms with Crippen LogP contribution in [0.5, 0.6) is 5.75 Å². The molecule has 5 nitrogen and oxygen atoms in total. The molecule has 0 bridgehead atoms. The molecule has 5 heteroatoms. The molecule has 1 aromatic heterocycles. The minimum absolute atomic E-state index is 0.161. The number of carbonyl (C=O) groups excluding carboxylic acids is 1. The number of nitrogens with one attached hydrogen (secondary N) is 1. The molecule has 25 heavy (non-hydrogen) atoms. The highest BCUT2D eigenvalue weighted by Crippen LogP contribution is 2.16. The smallest absolute Gasteiger partial charge is 0.271 e. The van der Waals surface area contributed by atoms with Gasteiger partial charge in [0.2, 0.25) is 0 Å². The molecule has 128 valence electrons. The Morgan fingerprint density at radius 1 is 1.12 bits per heavy atom. The van der Waals surface area contributed by atoms with Crippen molar-refractivity contribution >= 4 is 5.91 Å². The summed E-state index contributed by atoms with van der Waals surface area (Å²) in [7, 11) is 1.63. The van der Waals surface area contributed by atoms with Gasteiger partial charge in [0, 0.05) is 12.2 Å². The number of nitrogens with zero attached hydrogens (tertiary/aromatic N) is 2. The van der Waals surface area contributed by atoms with Gasteiger partial charge in [-0.2, -0.15) is 5.10 Å². The molecular formula is C20H21N3O2. The number of rotatable bonds is 6. The number of aryl methyl sites for hydroxylation is 1. The predicted molar refractivity (Wildman–Crippen MR) is 97.3 cm³/mol. The first kappa shape index (κ1) is 16.8. The molecule has 0 unspecified atom stereocenters. The summed E-state index contributed by atoms with van der Waals surface area (Å²) in [6, 6.07) is 19.4. The van der Waals surface area contributed by atoms with E-state index in [1.165, 1.54) is 5.56 Å². The summed E-state index contributed by atoms with van der Waals surface area (Å²) < 4.78 is 6.92. The second-order valence-corrected chi connectivity index (χ2v) is 5.77. The summed E-state index contributed by atoms with van der Waals surface area (Å²) in [6.07, 6.45) is 0.796. The van der Waals surface area contributed by atoms with Crippen LogP contribution in [0.3, 0.4) is 0 Å². The van der Waals surface area contributed by atoms with E-state index in [1.54, 1.807) is 17.9 Å². The summed E-state index contributed by atoms with van der Waals surface area (Å²) in [5, 5.41) is 7.35. The van der Waals surface area contributed by atoms with Gasteiger partial charge in [-0.15, -0.1) is 0 Å². The molecule has 0 aliphatic rings.